The van der Waals surface area contributed by atoms with Gasteiger partial charge in [0.25, 0.3) is 11.5 Å². The van der Waals surface area contributed by atoms with Gasteiger partial charge in [-0.2, -0.15) is 0 Å². The monoisotopic (exact) mass is 426 g/mol. The molecule has 0 aromatic carbocycles. The van der Waals surface area contributed by atoms with E-state index in [9.17, 15) is 9.59 Å². The third-order valence-corrected chi connectivity index (χ3v) is 5.72. The number of carbonyl (C=O) groups is 1. The SMILES string of the molecule is CC(C)N1C(=O)C(=Cc2c(NCc3ccco3)nc3ccccn3c2=O)SC1=S. The highest BCUT2D eigenvalue weighted by Crippen LogP contribution is 2.34. The Balaban J connectivity index is 1.80. The van der Waals surface area contributed by atoms with Crippen LogP contribution < -0.4 is 10.9 Å². The van der Waals surface area contributed by atoms with Crippen molar-refractivity contribution in [3.63, 3.8) is 0 Å². The van der Waals surface area contributed by atoms with Crippen LogP contribution in [0.15, 0.2) is 56.9 Å². The molecule has 29 heavy (non-hydrogen) atoms. The van der Waals surface area contributed by atoms with E-state index in [0.29, 0.717) is 38.6 Å². The van der Waals surface area contributed by atoms with E-state index < -0.39 is 0 Å². The van der Waals surface area contributed by atoms with Gasteiger partial charge in [0.1, 0.15) is 21.5 Å². The van der Waals surface area contributed by atoms with Crippen molar-refractivity contribution in [2.45, 2.75) is 26.4 Å². The summed E-state index contributed by atoms with van der Waals surface area (Å²) in [7, 11) is 0. The molecule has 0 saturated carbocycles. The first-order valence-corrected chi connectivity index (χ1v) is 10.2. The van der Waals surface area contributed by atoms with Crippen molar-refractivity contribution < 1.29 is 9.21 Å². The number of nitrogens with zero attached hydrogens (tertiary/aromatic N) is 3. The van der Waals surface area contributed by atoms with E-state index in [-0.39, 0.29) is 17.5 Å². The number of hydrogen-bond donors (Lipinski definition) is 1. The van der Waals surface area contributed by atoms with Crippen molar-refractivity contribution in [2.24, 2.45) is 0 Å². The zero-order chi connectivity index (χ0) is 20.5. The third kappa shape index (κ3) is 3.70. The summed E-state index contributed by atoms with van der Waals surface area (Å²) in [6, 6.07) is 8.88. The number of amides is 1. The van der Waals surface area contributed by atoms with Crippen LogP contribution in [0.3, 0.4) is 0 Å². The van der Waals surface area contributed by atoms with Crippen LogP contribution in [0.4, 0.5) is 5.82 Å². The Bertz CT molecular complexity index is 1180. The Morgan fingerprint density at radius 2 is 2.10 bits per heavy atom. The number of anilines is 1. The Morgan fingerprint density at radius 3 is 2.79 bits per heavy atom. The van der Waals surface area contributed by atoms with Crippen LogP contribution in [0.5, 0.6) is 0 Å². The van der Waals surface area contributed by atoms with E-state index >= 15 is 0 Å². The summed E-state index contributed by atoms with van der Waals surface area (Å²) in [5, 5.41) is 3.15. The Kier molecular flexibility index (Phi) is 5.25. The van der Waals surface area contributed by atoms with Gasteiger partial charge >= 0.3 is 0 Å². The Morgan fingerprint density at radius 1 is 1.28 bits per heavy atom. The van der Waals surface area contributed by atoms with Crippen molar-refractivity contribution in [1.29, 1.82) is 0 Å². The fourth-order valence-corrected chi connectivity index (χ4v) is 4.51. The molecule has 3 aromatic rings. The minimum atomic E-state index is -0.271. The van der Waals surface area contributed by atoms with Crippen LogP contribution in [0.25, 0.3) is 11.7 Å². The van der Waals surface area contributed by atoms with Gasteiger partial charge in [-0.05, 0) is 44.2 Å². The van der Waals surface area contributed by atoms with E-state index in [4.69, 9.17) is 16.6 Å². The van der Waals surface area contributed by atoms with E-state index in [2.05, 4.69) is 10.3 Å². The summed E-state index contributed by atoms with van der Waals surface area (Å²) in [6.45, 7) is 4.16. The molecule has 0 radical (unpaired) electrons. The van der Waals surface area contributed by atoms with Crippen LogP contribution in [0.1, 0.15) is 25.2 Å². The first-order valence-electron chi connectivity index (χ1n) is 9.00. The molecule has 4 rings (SSSR count). The Labute approximate surface area is 176 Å². The highest BCUT2D eigenvalue weighted by molar-refractivity contribution is 8.26. The molecule has 4 heterocycles. The molecule has 0 spiro atoms. The minimum absolute atomic E-state index is 0.0548. The predicted octanol–water partition coefficient (Wildman–Crippen LogP) is 3.51. The predicted molar refractivity (Wildman–Crippen MR) is 118 cm³/mol. The number of furan rings is 1. The van der Waals surface area contributed by atoms with Crippen LogP contribution in [0.2, 0.25) is 0 Å². The largest absolute Gasteiger partial charge is 0.467 e. The van der Waals surface area contributed by atoms with Gasteiger partial charge in [-0.15, -0.1) is 0 Å². The third-order valence-electron chi connectivity index (χ3n) is 4.39. The van der Waals surface area contributed by atoms with Gasteiger partial charge in [0.2, 0.25) is 0 Å². The van der Waals surface area contributed by atoms with Gasteiger partial charge in [-0.3, -0.25) is 18.9 Å². The molecule has 1 aliphatic heterocycles. The highest BCUT2D eigenvalue weighted by Gasteiger charge is 2.34. The van der Waals surface area contributed by atoms with Crippen LogP contribution >= 0.6 is 24.0 Å². The van der Waals surface area contributed by atoms with Crippen LogP contribution in [0, 0.1) is 0 Å². The molecule has 0 bridgehead atoms. The van der Waals surface area contributed by atoms with Gasteiger partial charge in [-0.1, -0.05) is 30.0 Å². The maximum absolute atomic E-state index is 13.1. The second-order valence-electron chi connectivity index (χ2n) is 6.69. The van der Waals surface area contributed by atoms with Crippen molar-refractivity contribution in [1.82, 2.24) is 14.3 Å². The van der Waals surface area contributed by atoms with Crippen molar-refractivity contribution >= 4 is 51.7 Å². The summed E-state index contributed by atoms with van der Waals surface area (Å²) in [5.74, 6) is 0.883. The first kappa shape index (κ1) is 19.4. The lowest BCUT2D eigenvalue weighted by Gasteiger charge is -2.18. The summed E-state index contributed by atoms with van der Waals surface area (Å²) in [5.41, 5.74) is 0.531. The maximum atomic E-state index is 13.1. The second kappa shape index (κ2) is 7.84. The number of nitrogens with one attached hydrogen (secondary N) is 1. The quantitative estimate of drug-likeness (QED) is 0.494. The standard InChI is InChI=1S/C20H18N4O3S2/c1-12(2)24-19(26)15(29-20(24)28)10-14-17(21-11-13-6-5-9-27-13)22-16-7-3-4-8-23(16)18(14)25/h3-10,12,21H,11H2,1-2H3. The van der Waals surface area contributed by atoms with Gasteiger partial charge in [0.05, 0.1) is 23.3 Å². The molecule has 0 atom stereocenters. The van der Waals surface area contributed by atoms with Crippen LogP contribution in [-0.4, -0.2) is 30.6 Å². The summed E-state index contributed by atoms with van der Waals surface area (Å²) >= 11 is 6.53. The number of fused-ring (bicyclic) bond motifs is 1. The average molecular weight is 427 g/mol. The number of thiocarbonyl (C=S) groups is 1. The normalized spacial score (nSPS) is 15.8. The molecule has 1 amide bonds. The summed E-state index contributed by atoms with van der Waals surface area (Å²) in [4.78, 5) is 32.5. The summed E-state index contributed by atoms with van der Waals surface area (Å²) < 4.78 is 7.28. The number of pyridine rings is 1. The molecule has 1 fully saturated rings. The molecule has 148 valence electrons. The van der Waals surface area contributed by atoms with Crippen LogP contribution in [-0.2, 0) is 11.3 Å². The first-order chi connectivity index (χ1) is 14.0. The van der Waals surface area contributed by atoms with Crippen molar-refractivity contribution in [3.8, 4) is 0 Å². The van der Waals surface area contributed by atoms with Crippen molar-refractivity contribution in [2.75, 3.05) is 5.32 Å². The van der Waals surface area contributed by atoms with E-state index in [1.807, 2.05) is 26.0 Å². The van der Waals surface area contributed by atoms with E-state index in [1.54, 1.807) is 41.6 Å². The number of thioether (sulfide) groups is 1. The van der Waals surface area contributed by atoms with E-state index in [0.717, 1.165) is 0 Å². The van der Waals surface area contributed by atoms with E-state index in [1.165, 1.54) is 16.2 Å². The lowest BCUT2D eigenvalue weighted by atomic mass is 10.2. The van der Waals surface area contributed by atoms with Gasteiger partial charge in [-0.25, -0.2) is 4.98 Å². The number of carbonyl (C=O) groups excluding carboxylic acids is 1. The number of aromatic nitrogens is 2. The fraction of sp³-hybridized carbons (Fsp3) is 0.200. The Hall–Kier alpha value is -2.91. The van der Waals surface area contributed by atoms with Gasteiger partial charge < -0.3 is 9.73 Å². The molecule has 9 heteroatoms. The van der Waals surface area contributed by atoms with Crippen molar-refractivity contribution in [3.05, 3.63) is 69.4 Å². The zero-order valence-corrected chi connectivity index (χ0v) is 17.4. The molecule has 0 aliphatic carbocycles. The molecular formula is C20H18N4O3S2. The molecule has 3 aromatic heterocycles. The zero-order valence-electron chi connectivity index (χ0n) is 15.8. The lowest BCUT2D eigenvalue weighted by Crippen LogP contribution is -2.34. The topological polar surface area (TPSA) is 79.8 Å². The minimum Gasteiger partial charge on any atom is -0.467 e. The maximum Gasteiger partial charge on any atom is 0.267 e. The summed E-state index contributed by atoms with van der Waals surface area (Å²) in [6.07, 6.45) is 4.80. The van der Waals surface area contributed by atoms with Gasteiger partial charge in [0.15, 0.2) is 0 Å². The molecule has 1 N–H and O–H groups in total. The fourth-order valence-electron chi connectivity index (χ4n) is 3.01. The molecule has 7 nitrogen and oxygen atoms in total. The molecule has 1 aliphatic rings. The molecular weight excluding hydrogens is 408 g/mol. The smallest absolute Gasteiger partial charge is 0.267 e. The van der Waals surface area contributed by atoms with Gasteiger partial charge in [0, 0.05) is 12.2 Å². The molecule has 1 saturated heterocycles. The lowest BCUT2D eigenvalue weighted by molar-refractivity contribution is -0.123. The number of rotatable bonds is 5. The highest BCUT2D eigenvalue weighted by atomic mass is 32.2. The number of hydrogen-bond acceptors (Lipinski definition) is 7. The second-order valence-corrected chi connectivity index (χ2v) is 8.36. The molecule has 0 unspecified atom stereocenters. The average Bonchev–Trinajstić information content (AvgIpc) is 3.30.